The van der Waals surface area contributed by atoms with E-state index in [2.05, 4.69) is 160 Å². The summed E-state index contributed by atoms with van der Waals surface area (Å²) in [5, 5.41) is 0. The van der Waals surface area contributed by atoms with E-state index in [1.54, 1.807) is 11.8 Å². The van der Waals surface area contributed by atoms with Gasteiger partial charge in [-0.15, -0.1) is 6.58 Å². The van der Waals surface area contributed by atoms with Crippen LogP contribution in [0.5, 0.6) is 0 Å². The number of allylic oxidation sites excluding steroid dienone is 2. The summed E-state index contributed by atoms with van der Waals surface area (Å²) < 4.78 is 0. The van der Waals surface area contributed by atoms with Gasteiger partial charge in [-0.05, 0) is 98.0 Å². The Morgan fingerprint density at radius 1 is 0.600 bits per heavy atom. The van der Waals surface area contributed by atoms with Gasteiger partial charge < -0.3 is 0 Å². The molecule has 0 fully saturated rings. The Balaban J connectivity index is 0.000000252. The van der Waals surface area contributed by atoms with E-state index in [-0.39, 0.29) is 5.41 Å². The quantitative estimate of drug-likeness (QED) is 0.141. The smallest absolute Gasteiger partial charge is 0.0725 e. The summed E-state index contributed by atoms with van der Waals surface area (Å²) in [5.74, 6) is 0. The van der Waals surface area contributed by atoms with Crippen LogP contribution in [0, 0.1) is 6.92 Å². The van der Waals surface area contributed by atoms with Gasteiger partial charge in [0.15, 0.2) is 0 Å². The van der Waals surface area contributed by atoms with Crippen LogP contribution in [0.25, 0.3) is 33.4 Å². The highest BCUT2D eigenvalue weighted by molar-refractivity contribution is 8.03. The van der Waals surface area contributed by atoms with Crippen LogP contribution in [0.15, 0.2) is 169 Å². The molecule has 0 bridgehead atoms. The van der Waals surface area contributed by atoms with Crippen molar-refractivity contribution in [3.05, 3.63) is 197 Å². The largest absolute Gasteiger partial charge is 0.103 e. The van der Waals surface area contributed by atoms with Crippen molar-refractivity contribution in [2.24, 2.45) is 0 Å². The van der Waals surface area contributed by atoms with Crippen molar-refractivity contribution in [1.82, 2.24) is 0 Å². The fourth-order valence-corrected chi connectivity index (χ4v) is 7.98. The molecule has 0 unspecified atom stereocenters. The van der Waals surface area contributed by atoms with E-state index in [4.69, 9.17) is 0 Å². The summed E-state index contributed by atoms with van der Waals surface area (Å²) in [4.78, 5) is 2.44. The number of aryl methyl sites for hydroxylation is 1. The van der Waals surface area contributed by atoms with Gasteiger partial charge in [0.2, 0.25) is 0 Å². The van der Waals surface area contributed by atoms with Gasteiger partial charge in [-0.2, -0.15) is 0 Å². The van der Waals surface area contributed by atoms with Crippen molar-refractivity contribution < 1.29 is 0 Å². The molecule has 218 valence electrons. The zero-order chi connectivity index (χ0) is 31.0. The number of thioether (sulfide) groups is 1. The Labute approximate surface area is 271 Å². The maximum Gasteiger partial charge on any atom is 0.0725 e. The number of hydrogen-bond donors (Lipinski definition) is 0. The van der Waals surface area contributed by atoms with Crippen LogP contribution < -0.4 is 0 Å². The maximum absolute atomic E-state index is 3.89. The van der Waals surface area contributed by atoms with Crippen LogP contribution in [0.2, 0.25) is 0 Å². The van der Waals surface area contributed by atoms with Crippen LogP contribution in [0.3, 0.4) is 0 Å². The van der Waals surface area contributed by atoms with Crippen molar-refractivity contribution in [3.63, 3.8) is 0 Å². The minimum atomic E-state index is -0.280. The van der Waals surface area contributed by atoms with Gasteiger partial charge in [0.05, 0.1) is 5.41 Å². The van der Waals surface area contributed by atoms with Crippen molar-refractivity contribution in [2.75, 3.05) is 0 Å². The first-order chi connectivity index (χ1) is 22.0. The second-order valence-electron chi connectivity index (χ2n) is 11.9. The van der Waals surface area contributed by atoms with Crippen molar-refractivity contribution in [1.29, 1.82) is 0 Å². The molecule has 1 spiro atoms. The number of rotatable bonds is 5. The molecule has 2 aliphatic carbocycles. The van der Waals surface area contributed by atoms with Gasteiger partial charge in [-0.3, -0.25) is 0 Å². The normalized spacial score (nSPS) is 12.8. The summed E-state index contributed by atoms with van der Waals surface area (Å²) in [7, 11) is 0. The first-order valence-electron chi connectivity index (χ1n) is 15.6. The van der Waals surface area contributed by atoms with Gasteiger partial charge in [-0.25, -0.2) is 0 Å². The molecule has 0 atom stereocenters. The molecule has 0 amide bonds. The molecule has 0 nitrogen and oxygen atoms in total. The zero-order valence-corrected chi connectivity index (χ0v) is 26.7. The Hall–Kier alpha value is -4.85. The lowest BCUT2D eigenvalue weighted by Crippen LogP contribution is -2.25. The predicted molar refractivity (Wildman–Crippen MR) is 194 cm³/mol. The molecule has 45 heavy (non-hydrogen) atoms. The van der Waals surface area contributed by atoms with Gasteiger partial charge in [0.1, 0.15) is 0 Å². The van der Waals surface area contributed by atoms with Gasteiger partial charge in [0.25, 0.3) is 0 Å². The Morgan fingerprint density at radius 2 is 1.11 bits per heavy atom. The minimum Gasteiger partial charge on any atom is -0.103 e. The topological polar surface area (TPSA) is 0 Å². The van der Waals surface area contributed by atoms with Crippen LogP contribution in [0.4, 0.5) is 0 Å². The molecule has 2 aliphatic rings. The summed E-state index contributed by atoms with van der Waals surface area (Å²) >= 11 is 1.73. The van der Waals surface area contributed by atoms with E-state index < -0.39 is 0 Å². The molecule has 6 aromatic rings. The highest BCUT2D eigenvalue weighted by Crippen LogP contribution is 2.63. The molecule has 0 aliphatic heterocycles. The van der Waals surface area contributed by atoms with Gasteiger partial charge in [-0.1, -0.05) is 158 Å². The van der Waals surface area contributed by atoms with Crippen molar-refractivity contribution in [2.45, 2.75) is 30.6 Å². The fraction of sp³-hybridized carbons (Fsp3) is 0.0909. The SMILES string of the molecule is C=C(C)Sc1ccccc1C.C=CCc1ccc(-c2cccc3c2-c2ccccc2C32c3ccccc3-c3ccccc32)cc1. The molecule has 6 aromatic carbocycles. The third-order valence-electron chi connectivity index (χ3n) is 9.04. The van der Waals surface area contributed by atoms with E-state index in [1.807, 2.05) is 13.0 Å². The van der Waals surface area contributed by atoms with E-state index >= 15 is 0 Å². The molecule has 0 aromatic heterocycles. The standard InChI is InChI=1S/C34H24.C10H12S/c1-2-10-23-19-21-24(22-20-23)25-14-9-18-32-33(25)28-13-5-8-17-31(28)34(32)29-15-6-3-11-26(29)27-12-4-7-16-30(27)34;1-8(2)11-10-7-5-4-6-9(10)3/h2-9,11-22H,1,10H2;4-7H,1H2,2-3H3. The average Bonchev–Trinajstić information content (AvgIpc) is 3.54. The van der Waals surface area contributed by atoms with Crippen molar-refractivity contribution in [3.8, 4) is 33.4 Å². The Kier molecular flexibility index (Phi) is 7.65. The third kappa shape index (κ3) is 4.80. The molecular formula is C44H36S. The second-order valence-corrected chi connectivity index (χ2v) is 13.2. The zero-order valence-electron chi connectivity index (χ0n) is 25.9. The first kappa shape index (κ1) is 28.9. The number of benzene rings is 6. The molecule has 0 radical (unpaired) electrons. The van der Waals surface area contributed by atoms with Gasteiger partial charge in [0, 0.05) is 4.90 Å². The molecule has 0 N–H and O–H groups in total. The summed E-state index contributed by atoms with van der Waals surface area (Å²) in [6.45, 7) is 11.9. The second kappa shape index (κ2) is 11.9. The lowest BCUT2D eigenvalue weighted by Gasteiger charge is -2.30. The molecule has 8 rings (SSSR count). The lowest BCUT2D eigenvalue weighted by atomic mass is 9.70. The molecule has 0 saturated carbocycles. The average molecular weight is 597 g/mol. The highest BCUT2D eigenvalue weighted by atomic mass is 32.2. The Bertz CT molecular complexity index is 2020. The fourth-order valence-electron chi connectivity index (χ4n) is 7.23. The van der Waals surface area contributed by atoms with E-state index in [9.17, 15) is 0 Å². The monoisotopic (exact) mass is 596 g/mol. The molecule has 0 heterocycles. The lowest BCUT2D eigenvalue weighted by molar-refractivity contribution is 0.794. The van der Waals surface area contributed by atoms with Gasteiger partial charge >= 0.3 is 0 Å². The molecule has 1 heteroatoms. The predicted octanol–water partition coefficient (Wildman–Crippen LogP) is 12.0. The summed E-state index contributed by atoms with van der Waals surface area (Å²) in [6.07, 6.45) is 2.86. The van der Waals surface area contributed by atoms with Crippen LogP contribution in [-0.4, -0.2) is 0 Å². The molecule has 0 saturated heterocycles. The van der Waals surface area contributed by atoms with Crippen LogP contribution in [0.1, 0.15) is 40.3 Å². The third-order valence-corrected chi connectivity index (χ3v) is 10.1. The number of hydrogen-bond acceptors (Lipinski definition) is 1. The summed E-state index contributed by atoms with van der Waals surface area (Å²) in [5.41, 5.74) is 15.8. The van der Waals surface area contributed by atoms with E-state index in [0.717, 1.165) is 11.3 Å². The highest BCUT2D eigenvalue weighted by Gasteiger charge is 2.51. The summed E-state index contributed by atoms with van der Waals surface area (Å²) in [6, 6.07) is 51.2. The Morgan fingerprint density at radius 3 is 1.71 bits per heavy atom. The minimum absolute atomic E-state index is 0.280. The van der Waals surface area contributed by atoms with E-state index in [0.29, 0.717) is 0 Å². The maximum atomic E-state index is 3.89. The van der Waals surface area contributed by atoms with E-state index in [1.165, 1.54) is 71.7 Å². The number of fused-ring (bicyclic) bond motifs is 10. The van der Waals surface area contributed by atoms with Crippen LogP contribution >= 0.6 is 11.8 Å². The van der Waals surface area contributed by atoms with Crippen LogP contribution in [-0.2, 0) is 11.8 Å². The van der Waals surface area contributed by atoms with Crippen molar-refractivity contribution >= 4 is 11.8 Å². The molecular weight excluding hydrogens is 561 g/mol. The first-order valence-corrected chi connectivity index (χ1v) is 16.4.